The lowest BCUT2D eigenvalue weighted by Gasteiger charge is -2.22. The van der Waals surface area contributed by atoms with E-state index in [1.807, 2.05) is 30.3 Å². The Kier molecular flexibility index (Phi) is 4.17. The lowest BCUT2D eigenvalue weighted by atomic mass is 9.99. The summed E-state index contributed by atoms with van der Waals surface area (Å²) in [6, 6.07) is 9.25. The molecule has 1 aromatic rings. The summed E-state index contributed by atoms with van der Waals surface area (Å²) in [7, 11) is 0. The summed E-state index contributed by atoms with van der Waals surface area (Å²) in [5.74, 6) is -0.462. The van der Waals surface area contributed by atoms with E-state index in [1.165, 1.54) is 11.8 Å². The summed E-state index contributed by atoms with van der Waals surface area (Å²) in [5, 5.41) is 18.6. The topological polar surface area (TPSA) is 57.5 Å². The molecule has 82 valence electrons. The second-order valence-corrected chi connectivity index (χ2v) is 4.51. The summed E-state index contributed by atoms with van der Waals surface area (Å²) < 4.78 is 0. The molecule has 15 heavy (non-hydrogen) atoms. The van der Waals surface area contributed by atoms with Crippen molar-refractivity contribution in [2.24, 2.45) is 0 Å². The molecule has 0 aromatic heterocycles. The molecule has 0 aliphatic carbocycles. The van der Waals surface area contributed by atoms with Crippen LogP contribution in [0.4, 0.5) is 0 Å². The first kappa shape index (κ1) is 12.1. The highest BCUT2D eigenvalue weighted by Crippen LogP contribution is 2.24. The van der Waals surface area contributed by atoms with Crippen LogP contribution in [0.2, 0.25) is 0 Å². The van der Waals surface area contributed by atoms with Gasteiger partial charge >= 0.3 is 5.97 Å². The van der Waals surface area contributed by atoms with Gasteiger partial charge in [0.15, 0.2) is 0 Å². The smallest absolute Gasteiger partial charge is 0.313 e. The second kappa shape index (κ2) is 5.19. The minimum Gasteiger partial charge on any atom is -0.481 e. The molecule has 0 heterocycles. The van der Waals surface area contributed by atoms with Gasteiger partial charge in [-0.1, -0.05) is 30.3 Å². The minimum absolute atomic E-state index is 0.0168. The summed E-state index contributed by atoms with van der Waals surface area (Å²) in [5.41, 5.74) is -0.163. The quantitative estimate of drug-likeness (QED) is 0.802. The zero-order valence-electron chi connectivity index (χ0n) is 8.51. The van der Waals surface area contributed by atoms with E-state index >= 15 is 0 Å². The van der Waals surface area contributed by atoms with Crippen molar-refractivity contribution in [2.45, 2.75) is 12.5 Å². The number of aliphatic carboxylic acids is 1. The standard InChI is InChI=1S/C11H14O3S/c1-11(14,8-15-7-10(12)13)9-5-3-2-4-6-9/h2-6,14H,7-8H2,1H3,(H,12,13). The van der Waals surface area contributed by atoms with Crippen LogP contribution in [0.25, 0.3) is 0 Å². The predicted molar refractivity (Wildman–Crippen MR) is 61.0 cm³/mol. The number of carbonyl (C=O) groups is 1. The van der Waals surface area contributed by atoms with Gasteiger partial charge in [0.1, 0.15) is 0 Å². The molecule has 4 heteroatoms. The number of rotatable bonds is 5. The predicted octanol–water partition coefficient (Wildman–Crippen LogP) is 1.71. The van der Waals surface area contributed by atoms with E-state index in [-0.39, 0.29) is 5.75 Å². The molecule has 1 atom stereocenters. The Hall–Kier alpha value is -1.00. The van der Waals surface area contributed by atoms with Crippen molar-refractivity contribution >= 4 is 17.7 Å². The highest BCUT2D eigenvalue weighted by atomic mass is 32.2. The van der Waals surface area contributed by atoms with E-state index in [4.69, 9.17) is 5.11 Å². The number of benzene rings is 1. The third-order valence-corrected chi connectivity index (χ3v) is 3.22. The molecule has 0 spiro atoms. The molecule has 1 aromatic carbocycles. The fraction of sp³-hybridized carbons (Fsp3) is 0.364. The van der Waals surface area contributed by atoms with E-state index in [0.29, 0.717) is 5.75 Å². The summed E-state index contributed by atoms with van der Waals surface area (Å²) in [6.07, 6.45) is 0. The van der Waals surface area contributed by atoms with Crippen LogP contribution in [0.3, 0.4) is 0 Å². The number of carboxylic acid groups (broad SMARTS) is 1. The summed E-state index contributed by atoms with van der Waals surface area (Å²) in [4.78, 5) is 10.3. The van der Waals surface area contributed by atoms with Crippen LogP contribution in [0, 0.1) is 0 Å². The maximum atomic E-state index is 10.3. The van der Waals surface area contributed by atoms with Gasteiger partial charge in [-0.25, -0.2) is 0 Å². The van der Waals surface area contributed by atoms with Gasteiger partial charge in [0.2, 0.25) is 0 Å². The van der Waals surface area contributed by atoms with Crippen LogP contribution >= 0.6 is 11.8 Å². The van der Waals surface area contributed by atoms with Gasteiger partial charge in [-0.2, -0.15) is 0 Å². The van der Waals surface area contributed by atoms with E-state index in [0.717, 1.165) is 5.56 Å². The molecule has 3 nitrogen and oxygen atoms in total. The van der Waals surface area contributed by atoms with Crippen molar-refractivity contribution in [1.29, 1.82) is 0 Å². The zero-order chi connectivity index (χ0) is 11.3. The molecule has 0 aliphatic heterocycles. The van der Waals surface area contributed by atoms with E-state index < -0.39 is 11.6 Å². The third kappa shape index (κ3) is 3.93. The van der Waals surface area contributed by atoms with E-state index in [9.17, 15) is 9.90 Å². The Balaban J connectivity index is 2.56. The highest BCUT2D eigenvalue weighted by Gasteiger charge is 2.22. The molecular formula is C11H14O3S. The maximum Gasteiger partial charge on any atom is 0.313 e. The number of carboxylic acids is 1. The average Bonchev–Trinajstić information content (AvgIpc) is 2.18. The molecule has 0 saturated carbocycles. The van der Waals surface area contributed by atoms with Gasteiger partial charge in [0.05, 0.1) is 11.4 Å². The molecule has 0 amide bonds. The highest BCUT2D eigenvalue weighted by molar-refractivity contribution is 7.99. The largest absolute Gasteiger partial charge is 0.481 e. The Morgan fingerprint density at radius 1 is 1.40 bits per heavy atom. The average molecular weight is 226 g/mol. The molecule has 0 bridgehead atoms. The summed E-state index contributed by atoms with van der Waals surface area (Å²) in [6.45, 7) is 1.69. The van der Waals surface area contributed by atoms with Crippen molar-refractivity contribution in [3.05, 3.63) is 35.9 Å². The van der Waals surface area contributed by atoms with Crippen LogP contribution in [-0.4, -0.2) is 27.7 Å². The second-order valence-electron chi connectivity index (χ2n) is 3.53. The van der Waals surface area contributed by atoms with Gasteiger partial charge in [-0.05, 0) is 12.5 Å². The van der Waals surface area contributed by atoms with Gasteiger partial charge in [0, 0.05) is 5.75 Å². The fourth-order valence-electron chi connectivity index (χ4n) is 1.22. The van der Waals surface area contributed by atoms with Gasteiger partial charge in [-0.3, -0.25) is 4.79 Å². The monoisotopic (exact) mass is 226 g/mol. The minimum atomic E-state index is -0.971. The Labute approximate surface area is 93.1 Å². The summed E-state index contributed by atoms with van der Waals surface area (Å²) >= 11 is 1.21. The van der Waals surface area contributed by atoms with Crippen LogP contribution in [-0.2, 0) is 10.4 Å². The van der Waals surface area contributed by atoms with E-state index in [2.05, 4.69) is 0 Å². The number of hydrogen-bond acceptors (Lipinski definition) is 3. The van der Waals surface area contributed by atoms with E-state index in [1.54, 1.807) is 6.92 Å². The Bertz CT molecular complexity index is 322. The molecule has 0 aliphatic rings. The van der Waals surface area contributed by atoms with Crippen LogP contribution in [0.1, 0.15) is 12.5 Å². The molecule has 1 unspecified atom stereocenters. The SMILES string of the molecule is CC(O)(CSCC(=O)O)c1ccccc1. The molecule has 0 saturated heterocycles. The molecule has 2 N–H and O–H groups in total. The van der Waals surface area contributed by atoms with Crippen LogP contribution in [0.5, 0.6) is 0 Å². The third-order valence-electron chi connectivity index (χ3n) is 2.00. The van der Waals surface area contributed by atoms with Gasteiger partial charge in [0.25, 0.3) is 0 Å². The zero-order valence-corrected chi connectivity index (χ0v) is 9.33. The van der Waals surface area contributed by atoms with Crippen molar-refractivity contribution < 1.29 is 15.0 Å². The number of aliphatic hydroxyl groups is 1. The Morgan fingerprint density at radius 2 is 2.00 bits per heavy atom. The fourth-order valence-corrected chi connectivity index (χ4v) is 2.06. The normalized spacial score (nSPS) is 14.5. The number of thioether (sulfide) groups is 1. The lowest BCUT2D eigenvalue weighted by molar-refractivity contribution is -0.133. The first-order chi connectivity index (χ1) is 7.02. The first-order valence-electron chi connectivity index (χ1n) is 4.60. The Morgan fingerprint density at radius 3 is 2.53 bits per heavy atom. The molecule has 1 rings (SSSR count). The number of hydrogen-bond donors (Lipinski definition) is 2. The van der Waals surface area contributed by atoms with Crippen molar-refractivity contribution in [3.8, 4) is 0 Å². The van der Waals surface area contributed by atoms with Gasteiger partial charge in [-0.15, -0.1) is 11.8 Å². The van der Waals surface area contributed by atoms with Crippen molar-refractivity contribution in [2.75, 3.05) is 11.5 Å². The van der Waals surface area contributed by atoms with Crippen LogP contribution < -0.4 is 0 Å². The van der Waals surface area contributed by atoms with Crippen LogP contribution in [0.15, 0.2) is 30.3 Å². The first-order valence-corrected chi connectivity index (χ1v) is 5.75. The van der Waals surface area contributed by atoms with Crippen molar-refractivity contribution in [3.63, 3.8) is 0 Å². The molecule has 0 radical (unpaired) electrons. The molecule has 0 fully saturated rings. The molecular weight excluding hydrogens is 212 g/mol. The lowest BCUT2D eigenvalue weighted by Crippen LogP contribution is -2.24. The van der Waals surface area contributed by atoms with Crippen molar-refractivity contribution in [1.82, 2.24) is 0 Å². The van der Waals surface area contributed by atoms with Gasteiger partial charge < -0.3 is 10.2 Å². The maximum absolute atomic E-state index is 10.3.